The monoisotopic (exact) mass is 413 g/mol. The average molecular weight is 413 g/mol. The first kappa shape index (κ1) is 21.6. The summed E-state index contributed by atoms with van der Waals surface area (Å²) in [5.74, 6) is -0.287. The molecule has 31 heavy (non-hydrogen) atoms. The van der Waals surface area contributed by atoms with Crippen molar-refractivity contribution < 1.29 is 9.18 Å². The molecule has 0 saturated heterocycles. The van der Waals surface area contributed by atoms with Crippen molar-refractivity contribution in [3.63, 3.8) is 0 Å². The molecule has 3 aromatic carbocycles. The van der Waals surface area contributed by atoms with Crippen LogP contribution >= 0.6 is 0 Å². The van der Waals surface area contributed by atoms with Crippen LogP contribution in [0.4, 0.5) is 20.6 Å². The van der Waals surface area contributed by atoms with E-state index < -0.39 is 0 Å². The number of anilines is 2. The minimum atomic E-state index is -0.358. The molecule has 0 fully saturated rings. The van der Waals surface area contributed by atoms with Crippen LogP contribution < -0.4 is 16.4 Å². The molecule has 0 heterocycles. The number of carbonyl (C=O) groups excluding carboxylic acids is 1. The van der Waals surface area contributed by atoms with E-state index in [0.29, 0.717) is 17.1 Å². The molecule has 3 aromatic rings. The van der Waals surface area contributed by atoms with Gasteiger partial charge in [0, 0.05) is 17.1 Å². The second-order valence-electron chi connectivity index (χ2n) is 6.99. The Balaban J connectivity index is 1.68. The summed E-state index contributed by atoms with van der Waals surface area (Å²) in [6.45, 7) is 5.55. The summed E-state index contributed by atoms with van der Waals surface area (Å²) in [7, 11) is 0. The smallest absolute Gasteiger partial charge is 0.323 e. The van der Waals surface area contributed by atoms with Crippen molar-refractivity contribution >= 4 is 23.0 Å². The van der Waals surface area contributed by atoms with Crippen LogP contribution in [0.3, 0.4) is 0 Å². The Morgan fingerprint density at radius 3 is 2.26 bits per heavy atom. The molecular weight excluding hydrogens is 389 g/mol. The fraction of sp³-hybridized carbons (Fsp3) is 0.0385. The van der Waals surface area contributed by atoms with E-state index in [4.69, 9.17) is 5.73 Å². The van der Waals surface area contributed by atoms with Gasteiger partial charge in [0.1, 0.15) is 5.82 Å². The van der Waals surface area contributed by atoms with E-state index >= 15 is 0 Å². The zero-order valence-corrected chi connectivity index (χ0v) is 17.2. The Labute approximate surface area is 181 Å². The maximum absolute atomic E-state index is 13.1. The number of hydrogen-bond donors (Lipinski definition) is 3. The highest BCUT2D eigenvalue weighted by molar-refractivity contribution is 6.00. The van der Waals surface area contributed by atoms with Crippen LogP contribution in [0.5, 0.6) is 0 Å². The zero-order valence-electron chi connectivity index (χ0n) is 17.2. The topological polar surface area (TPSA) is 67.1 Å². The van der Waals surface area contributed by atoms with Gasteiger partial charge in [-0.2, -0.15) is 0 Å². The van der Waals surface area contributed by atoms with E-state index in [1.54, 1.807) is 24.3 Å². The molecule has 2 amide bonds. The predicted molar refractivity (Wildman–Crippen MR) is 127 cm³/mol. The number of amides is 2. The Bertz CT molecular complexity index is 1130. The lowest BCUT2D eigenvalue weighted by Gasteiger charge is -2.10. The van der Waals surface area contributed by atoms with Gasteiger partial charge in [-0.1, -0.05) is 55.1 Å². The molecule has 0 spiro atoms. The van der Waals surface area contributed by atoms with Gasteiger partial charge in [0.25, 0.3) is 0 Å². The SMILES string of the molecule is C=C/C=C(\C=C(\C)N)c1ccc(NC(=O)Nc2cccc(-c3ccc(F)cc3)c2)cc1. The van der Waals surface area contributed by atoms with Gasteiger partial charge in [0.05, 0.1) is 0 Å². The van der Waals surface area contributed by atoms with Gasteiger partial charge in [-0.05, 0) is 71.7 Å². The number of nitrogens with one attached hydrogen (secondary N) is 2. The molecule has 0 aliphatic carbocycles. The Kier molecular flexibility index (Phi) is 7.01. The van der Waals surface area contributed by atoms with Crippen LogP contribution in [0.2, 0.25) is 0 Å². The minimum Gasteiger partial charge on any atom is -0.402 e. The second-order valence-corrected chi connectivity index (χ2v) is 6.99. The number of carbonyl (C=O) groups is 1. The summed E-state index contributed by atoms with van der Waals surface area (Å²) < 4.78 is 13.1. The number of urea groups is 1. The number of rotatable bonds is 6. The van der Waals surface area contributed by atoms with Gasteiger partial charge in [0.2, 0.25) is 0 Å². The normalized spacial score (nSPS) is 11.7. The maximum Gasteiger partial charge on any atom is 0.323 e. The Morgan fingerprint density at radius 1 is 0.935 bits per heavy atom. The van der Waals surface area contributed by atoms with Crippen molar-refractivity contribution in [3.05, 3.63) is 115 Å². The highest BCUT2D eigenvalue weighted by atomic mass is 19.1. The molecule has 4 nitrogen and oxygen atoms in total. The quantitative estimate of drug-likeness (QED) is 0.400. The highest BCUT2D eigenvalue weighted by Crippen LogP contribution is 2.23. The van der Waals surface area contributed by atoms with Crippen molar-refractivity contribution in [2.75, 3.05) is 10.6 Å². The van der Waals surface area contributed by atoms with Gasteiger partial charge < -0.3 is 16.4 Å². The molecule has 3 rings (SSSR count). The van der Waals surface area contributed by atoms with Crippen molar-refractivity contribution in [1.29, 1.82) is 0 Å². The first-order valence-electron chi connectivity index (χ1n) is 9.75. The standard InChI is InChI=1S/C26H24FN3O/c1-3-5-21(16-18(2)28)20-10-14-24(15-11-20)29-26(31)30-25-7-4-6-22(17-25)19-8-12-23(27)13-9-19/h3-17H,1,28H2,2H3,(H2,29,30,31)/b18-16-,21-5+. The lowest BCUT2D eigenvalue weighted by Crippen LogP contribution is -2.19. The third-order valence-corrected chi connectivity index (χ3v) is 4.45. The van der Waals surface area contributed by atoms with Crippen LogP contribution in [0.25, 0.3) is 16.7 Å². The summed E-state index contributed by atoms with van der Waals surface area (Å²) in [4.78, 5) is 12.4. The molecule has 156 valence electrons. The van der Waals surface area contributed by atoms with Crippen molar-refractivity contribution in [1.82, 2.24) is 0 Å². The molecule has 0 radical (unpaired) electrons. The van der Waals surface area contributed by atoms with Gasteiger partial charge in [-0.3, -0.25) is 0 Å². The fourth-order valence-electron chi connectivity index (χ4n) is 3.06. The summed E-state index contributed by atoms with van der Waals surface area (Å²) in [5, 5.41) is 5.64. The molecule has 0 saturated carbocycles. The third-order valence-electron chi connectivity index (χ3n) is 4.45. The lowest BCUT2D eigenvalue weighted by molar-refractivity contribution is 0.262. The van der Waals surface area contributed by atoms with Crippen molar-refractivity contribution in [2.45, 2.75) is 6.92 Å². The van der Waals surface area contributed by atoms with Gasteiger partial charge in [0.15, 0.2) is 0 Å². The van der Waals surface area contributed by atoms with Gasteiger partial charge in [-0.25, -0.2) is 9.18 Å². The lowest BCUT2D eigenvalue weighted by atomic mass is 10.0. The highest BCUT2D eigenvalue weighted by Gasteiger charge is 2.06. The van der Waals surface area contributed by atoms with Crippen LogP contribution in [-0.2, 0) is 0 Å². The van der Waals surface area contributed by atoms with Crippen LogP contribution in [0.1, 0.15) is 12.5 Å². The van der Waals surface area contributed by atoms with Gasteiger partial charge >= 0.3 is 6.03 Å². The number of allylic oxidation sites excluding steroid dienone is 5. The summed E-state index contributed by atoms with van der Waals surface area (Å²) >= 11 is 0. The Hall–Kier alpha value is -4.12. The van der Waals surface area contributed by atoms with E-state index in [-0.39, 0.29) is 11.8 Å². The van der Waals surface area contributed by atoms with E-state index in [9.17, 15) is 9.18 Å². The number of nitrogens with two attached hydrogens (primary N) is 1. The van der Waals surface area contributed by atoms with E-state index in [1.807, 2.05) is 61.5 Å². The minimum absolute atomic E-state index is 0.287. The van der Waals surface area contributed by atoms with E-state index in [2.05, 4.69) is 17.2 Å². The third kappa shape index (κ3) is 6.18. The average Bonchev–Trinajstić information content (AvgIpc) is 2.74. The van der Waals surface area contributed by atoms with Crippen LogP contribution in [0, 0.1) is 5.82 Å². The molecule has 0 bridgehead atoms. The van der Waals surface area contributed by atoms with Crippen LogP contribution in [-0.4, -0.2) is 6.03 Å². The van der Waals surface area contributed by atoms with E-state index in [0.717, 1.165) is 22.3 Å². The first-order chi connectivity index (χ1) is 14.9. The second kappa shape index (κ2) is 10.1. The number of benzene rings is 3. The number of hydrogen-bond acceptors (Lipinski definition) is 2. The summed E-state index contributed by atoms with van der Waals surface area (Å²) in [6, 6.07) is 20.7. The largest absolute Gasteiger partial charge is 0.402 e. The molecule has 0 unspecified atom stereocenters. The van der Waals surface area contributed by atoms with Crippen molar-refractivity contribution in [3.8, 4) is 11.1 Å². The molecule has 0 aliphatic rings. The molecule has 0 aromatic heterocycles. The van der Waals surface area contributed by atoms with E-state index in [1.165, 1.54) is 12.1 Å². The number of halogens is 1. The molecule has 0 atom stereocenters. The molecule has 4 N–H and O–H groups in total. The molecule has 0 aliphatic heterocycles. The zero-order chi connectivity index (χ0) is 22.2. The molecular formula is C26H24FN3O. The summed E-state index contributed by atoms with van der Waals surface area (Å²) in [5.41, 5.74) is 11.4. The maximum atomic E-state index is 13.1. The van der Waals surface area contributed by atoms with Gasteiger partial charge in [-0.15, -0.1) is 0 Å². The summed E-state index contributed by atoms with van der Waals surface area (Å²) in [6.07, 6.45) is 5.44. The van der Waals surface area contributed by atoms with Crippen molar-refractivity contribution in [2.24, 2.45) is 5.73 Å². The molecule has 5 heteroatoms. The predicted octanol–water partition coefficient (Wildman–Crippen LogP) is 6.57. The first-order valence-corrected chi connectivity index (χ1v) is 9.75. The van der Waals surface area contributed by atoms with Crippen LogP contribution in [0.15, 0.2) is 103 Å². The fourth-order valence-corrected chi connectivity index (χ4v) is 3.06. The Morgan fingerprint density at radius 2 is 1.61 bits per heavy atom.